The Balaban J connectivity index is 2.55. The first-order valence-corrected chi connectivity index (χ1v) is 7.34. The third kappa shape index (κ3) is 4.25. The van der Waals surface area contributed by atoms with E-state index in [1.54, 1.807) is 0 Å². The lowest BCUT2D eigenvalue weighted by Gasteiger charge is -2.27. The van der Waals surface area contributed by atoms with Crippen LogP contribution in [0.15, 0.2) is 0 Å². The standard InChI is InChI=1S/C14H28N2O2/c1-4-7-15-13-11-18-10-12(13)14(17)16(8-5-2)9-6-3/h12-13,15H,4-11H2,1-3H3. The van der Waals surface area contributed by atoms with Crippen molar-refractivity contribution in [2.45, 2.75) is 46.1 Å². The zero-order chi connectivity index (χ0) is 13.4. The number of hydrogen-bond donors (Lipinski definition) is 1. The number of nitrogens with one attached hydrogen (secondary N) is 1. The van der Waals surface area contributed by atoms with Crippen molar-refractivity contribution in [2.24, 2.45) is 5.92 Å². The minimum Gasteiger partial charge on any atom is -0.379 e. The Morgan fingerprint density at radius 1 is 1.17 bits per heavy atom. The van der Waals surface area contributed by atoms with Crippen LogP contribution >= 0.6 is 0 Å². The molecule has 4 nitrogen and oxygen atoms in total. The van der Waals surface area contributed by atoms with Gasteiger partial charge in [-0.15, -0.1) is 0 Å². The summed E-state index contributed by atoms with van der Waals surface area (Å²) in [7, 11) is 0. The van der Waals surface area contributed by atoms with Gasteiger partial charge in [0.2, 0.25) is 5.91 Å². The molecule has 1 rings (SSSR count). The maximum absolute atomic E-state index is 12.5. The van der Waals surface area contributed by atoms with Gasteiger partial charge >= 0.3 is 0 Å². The highest BCUT2D eigenvalue weighted by Crippen LogP contribution is 2.17. The molecule has 1 fully saturated rings. The van der Waals surface area contributed by atoms with E-state index in [9.17, 15) is 4.79 Å². The summed E-state index contributed by atoms with van der Waals surface area (Å²) >= 11 is 0. The molecule has 1 saturated heterocycles. The summed E-state index contributed by atoms with van der Waals surface area (Å²) in [5.41, 5.74) is 0. The van der Waals surface area contributed by atoms with Gasteiger partial charge in [-0.2, -0.15) is 0 Å². The molecule has 1 N–H and O–H groups in total. The molecule has 4 heteroatoms. The largest absolute Gasteiger partial charge is 0.379 e. The second kappa shape index (κ2) is 8.48. The molecule has 1 aliphatic rings. The third-order valence-electron chi connectivity index (χ3n) is 3.35. The topological polar surface area (TPSA) is 41.6 Å². The molecule has 1 amide bonds. The smallest absolute Gasteiger partial charge is 0.229 e. The molecule has 0 spiro atoms. The molecule has 2 unspecified atom stereocenters. The molecule has 1 heterocycles. The highest BCUT2D eigenvalue weighted by atomic mass is 16.5. The summed E-state index contributed by atoms with van der Waals surface area (Å²) in [5.74, 6) is 0.277. The first-order valence-electron chi connectivity index (χ1n) is 7.34. The summed E-state index contributed by atoms with van der Waals surface area (Å²) in [6, 6.07) is 0.202. The molecular weight excluding hydrogens is 228 g/mol. The Labute approximate surface area is 111 Å². The molecule has 0 radical (unpaired) electrons. The van der Waals surface area contributed by atoms with E-state index < -0.39 is 0 Å². The van der Waals surface area contributed by atoms with E-state index >= 15 is 0 Å². The summed E-state index contributed by atoms with van der Waals surface area (Å²) in [4.78, 5) is 14.5. The fraction of sp³-hybridized carbons (Fsp3) is 0.929. The van der Waals surface area contributed by atoms with Crippen LogP contribution in [-0.2, 0) is 9.53 Å². The second-order valence-electron chi connectivity index (χ2n) is 5.03. The Hall–Kier alpha value is -0.610. The van der Waals surface area contributed by atoms with Gasteiger partial charge in [-0.3, -0.25) is 4.79 Å². The molecule has 0 aliphatic carbocycles. The van der Waals surface area contributed by atoms with Crippen LogP contribution in [0, 0.1) is 5.92 Å². The molecular formula is C14H28N2O2. The Kier molecular flexibility index (Phi) is 7.28. The first kappa shape index (κ1) is 15.4. The normalized spacial score (nSPS) is 23.3. The van der Waals surface area contributed by atoms with Crippen LogP contribution in [-0.4, -0.2) is 49.7 Å². The van der Waals surface area contributed by atoms with E-state index in [-0.39, 0.29) is 17.9 Å². The van der Waals surface area contributed by atoms with Crippen molar-refractivity contribution in [1.29, 1.82) is 0 Å². The van der Waals surface area contributed by atoms with Gasteiger partial charge in [0, 0.05) is 19.1 Å². The molecule has 0 aromatic rings. The molecule has 1 aliphatic heterocycles. The predicted octanol–water partition coefficient (Wildman–Crippen LogP) is 1.65. The fourth-order valence-corrected chi connectivity index (χ4v) is 2.44. The minimum atomic E-state index is 0.00894. The molecule has 0 saturated carbocycles. The van der Waals surface area contributed by atoms with Crippen LogP contribution in [0.5, 0.6) is 0 Å². The van der Waals surface area contributed by atoms with Crippen molar-refractivity contribution in [3.63, 3.8) is 0 Å². The average molecular weight is 256 g/mol. The van der Waals surface area contributed by atoms with Gasteiger partial charge in [0.1, 0.15) is 0 Å². The Bertz CT molecular complexity index is 240. The summed E-state index contributed by atoms with van der Waals surface area (Å²) < 4.78 is 5.48. The van der Waals surface area contributed by atoms with E-state index in [0.29, 0.717) is 13.2 Å². The van der Waals surface area contributed by atoms with Crippen LogP contribution in [0.3, 0.4) is 0 Å². The van der Waals surface area contributed by atoms with E-state index in [1.165, 1.54) is 0 Å². The van der Waals surface area contributed by atoms with Gasteiger partial charge in [-0.25, -0.2) is 0 Å². The quantitative estimate of drug-likeness (QED) is 0.718. The summed E-state index contributed by atoms with van der Waals surface area (Å²) in [6.07, 6.45) is 3.13. The number of carbonyl (C=O) groups excluding carboxylic acids is 1. The van der Waals surface area contributed by atoms with E-state index in [0.717, 1.165) is 38.9 Å². The summed E-state index contributed by atoms with van der Waals surface area (Å²) in [6.45, 7) is 10.3. The van der Waals surface area contributed by atoms with Crippen LogP contribution in [0.2, 0.25) is 0 Å². The van der Waals surface area contributed by atoms with Gasteiger partial charge in [0.05, 0.1) is 19.1 Å². The molecule has 0 bridgehead atoms. The molecule has 106 valence electrons. The highest BCUT2D eigenvalue weighted by Gasteiger charge is 2.35. The number of ether oxygens (including phenoxy) is 1. The van der Waals surface area contributed by atoms with E-state index in [4.69, 9.17) is 4.74 Å². The Morgan fingerprint density at radius 2 is 1.83 bits per heavy atom. The predicted molar refractivity (Wildman–Crippen MR) is 73.6 cm³/mol. The second-order valence-corrected chi connectivity index (χ2v) is 5.03. The molecule has 0 aromatic heterocycles. The van der Waals surface area contributed by atoms with Crippen molar-refractivity contribution < 1.29 is 9.53 Å². The lowest BCUT2D eigenvalue weighted by molar-refractivity contribution is -0.136. The number of rotatable bonds is 8. The zero-order valence-electron chi connectivity index (χ0n) is 12.1. The van der Waals surface area contributed by atoms with Crippen LogP contribution in [0.25, 0.3) is 0 Å². The number of nitrogens with zero attached hydrogens (tertiary/aromatic N) is 1. The van der Waals surface area contributed by atoms with Gasteiger partial charge in [0.25, 0.3) is 0 Å². The monoisotopic (exact) mass is 256 g/mol. The Morgan fingerprint density at radius 3 is 2.39 bits per heavy atom. The van der Waals surface area contributed by atoms with E-state index in [1.807, 2.05) is 4.90 Å². The lowest BCUT2D eigenvalue weighted by Crippen LogP contribution is -2.46. The number of hydrogen-bond acceptors (Lipinski definition) is 3. The third-order valence-corrected chi connectivity index (χ3v) is 3.35. The summed E-state index contributed by atoms with van der Waals surface area (Å²) in [5, 5.41) is 3.43. The van der Waals surface area contributed by atoms with Crippen molar-refractivity contribution in [3.8, 4) is 0 Å². The van der Waals surface area contributed by atoms with Crippen molar-refractivity contribution in [1.82, 2.24) is 10.2 Å². The molecule has 18 heavy (non-hydrogen) atoms. The maximum atomic E-state index is 12.5. The maximum Gasteiger partial charge on any atom is 0.229 e. The van der Waals surface area contributed by atoms with Gasteiger partial charge in [-0.05, 0) is 25.8 Å². The lowest BCUT2D eigenvalue weighted by atomic mass is 10.0. The van der Waals surface area contributed by atoms with Crippen molar-refractivity contribution >= 4 is 5.91 Å². The molecule has 2 atom stereocenters. The van der Waals surface area contributed by atoms with Crippen molar-refractivity contribution in [3.05, 3.63) is 0 Å². The van der Waals surface area contributed by atoms with Crippen LogP contribution in [0.1, 0.15) is 40.0 Å². The van der Waals surface area contributed by atoms with Crippen LogP contribution < -0.4 is 5.32 Å². The highest BCUT2D eigenvalue weighted by molar-refractivity contribution is 5.80. The van der Waals surface area contributed by atoms with Crippen molar-refractivity contribution in [2.75, 3.05) is 32.8 Å². The average Bonchev–Trinajstić information content (AvgIpc) is 2.83. The van der Waals surface area contributed by atoms with Crippen LogP contribution in [0.4, 0.5) is 0 Å². The van der Waals surface area contributed by atoms with Gasteiger partial charge in [0.15, 0.2) is 0 Å². The minimum absolute atomic E-state index is 0.00894. The van der Waals surface area contributed by atoms with Gasteiger partial charge in [-0.1, -0.05) is 20.8 Å². The SMILES string of the molecule is CCCNC1COCC1C(=O)N(CCC)CCC. The van der Waals surface area contributed by atoms with E-state index in [2.05, 4.69) is 26.1 Å². The fourth-order valence-electron chi connectivity index (χ4n) is 2.44. The zero-order valence-corrected chi connectivity index (χ0v) is 12.1. The number of carbonyl (C=O) groups is 1. The molecule has 0 aromatic carbocycles. The van der Waals surface area contributed by atoms with Gasteiger partial charge < -0.3 is 15.0 Å². The first-order chi connectivity index (χ1) is 8.74. The number of amides is 1.